The van der Waals surface area contributed by atoms with Crippen LogP contribution in [0.5, 0.6) is 5.75 Å². The summed E-state index contributed by atoms with van der Waals surface area (Å²) in [6, 6.07) is 4.46. The van der Waals surface area contributed by atoms with E-state index in [-0.39, 0.29) is 24.8 Å². The van der Waals surface area contributed by atoms with E-state index in [4.69, 9.17) is 4.74 Å². The van der Waals surface area contributed by atoms with Gasteiger partial charge in [-0.3, -0.25) is 4.79 Å². The summed E-state index contributed by atoms with van der Waals surface area (Å²) in [6.07, 6.45) is 0.927. The van der Waals surface area contributed by atoms with Crippen molar-refractivity contribution in [1.29, 1.82) is 0 Å². The van der Waals surface area contributed by atoms with Crippen LogP contribution < -0.4 is 15.4 Å². The number of benzene rings is 1. The van der Waals surface area contributed by atoms with Gasteiger partial charge in [0.15, 0.2) is 5.96 Å². The lowest BCUT2D eigenvalue weighted by atomic mass is 10.2. The normalized spacial score (nSPS) is 11.1. The van der Waals surface area contributed by atoms with Crippen molar-refractivity contribution in [2.24, 2.45) is 4.99 Å². The zero-order valence-electron chi connectivity index (χ0n) is 14.1. The lowest BCUT2D eigenvalue weighted by Gasteiger charge is -2.14. The summed E-state index contributed by atoms with van der Waals surface area (Å²) in [5.74, 6) is 0.552. The Hall–Kier alpha value is -2.31. The zero-order chi connectivity index (χ0) is 17.2. The van der Waals surface area contributed by atoms with Gasteiger partial charge in [0.1, 0.15) is 11.6 Å². The highest BCUT2D eigenvalue weighted by atomic mass is 19.1. The van der Waals surface area contributed by atoms with Crippen LogP contribution in [0.15, 0.2) is 23.2 Å². The number of rotatable bonds is 7. The molecule has 0 aliphatic rings. The largest absolute Gasteiger partial charge is 0.497 e. The van der Waals surface area contributed by atoms with Gasteiger partial charge in [0.05, 0.1) is 20.2 Å². The monoisotopic (exact) mass is 324 g/mol. The second-order valence-electron chi connectivity index (χ2n) is 5.23. The van der Waals surface area contributed by atoms with Gasteiger partial charge in [0.2, 0.25) is 5.91 Å². The molecule has 0 aromatic heterocycles. The fourth-order valence-corrected chi connectivity index (χ4v) is 1.74. The molecule has 0 saturated carbocycles. The number of amides is 1. The number of ether oxygens (including phenoxy) is 1. The SMILES string of the molecule is CCCNC(=NCc1cc(F)cc(OC)c1)NCC(=O)N(C)C. The maximum Gasteiger partial charge on any atom is 0.241 e. The molecule has 0 bridgehead atoms. The quantitative estimate of drug-likeness (QED) is 0.587. The van der Waals surface area contributed by atoms with Crippen LogP contribution in [0.2, 0.25) is 0 Å². The Kier molecular flexibility index (Phi) is 7.87. The van der Waals surface area contributed by atoms with E-state index in [2.05, 4.69) is 15.6 Å². The smallest absolute Gasteiger partial charge is 0.241 e. The fraction of sp³-hybridized carbons (Fsp3) is 0.500. The number of likely N-dealkylation sites (N-methyl/N-ethyl adjacent to an activating group) is 1. The predicted molar refractivity (Wildman–Crippen MR) is 89.1 cm³/mol. The molecule has 2 N–H and O–H groups in total. The van der Waals surface area contributed by atoms with Crippen LogP contribution >= 0.6 is 0 Å². The number of halogens is 1. The minimum absolute atomic E-state index is 0.0524. The van der Waals surface area contributed by atoms with Gasteiger partial charge in [-0.15, -0.1) is 0 Å². The molecule has 128 valence electrons. The first-order valence-electron chi connectivity index (χ1n) is 7.52. The molecule has 0 aliphatic carbocycles. The lowest BCUT2D eigenvalue weighted by molar-refractivity contribution is -0.127. The molecule has 0 aliphatic heterocycles. The van der Waals surface area contributed by atoms with Gasteiger partial charge in [0.25, 0.3) is 0 Å². The third kappa shape index (κ3) is 6.99. The van der Waals surface area contributed by atoms with Gasteiger partial charge in [-0.25, -0.2) is 9.38 Å². The standard InChI is InChI=1S/C16H25FN4O2/c1-5-6-18-16(20-11-15(22)21(2)3)19-10-12-7-13(17)9-14(8-12)23-4/h7-9H,5-6,10-11H2,1-4H3,(H2,18,19,20). The maximum absolute atomic E-state index is 13.5. The molecule has 1 rings (SSSR count). The Morgan fingerprint density at radius 3 is 2.65 bits per heavy atom. The van der Waals surface area contributed by atoms with Crippen molar-refractivity contribution in [3.63, 3.8) is 0 Å². The maximum atomic E-state index is 13.5. The van der Waals surface area contributed by atoms with Crippen LogP contribution in [-0.2, 0) is 11.3 Å². The zero-order valence-corrected chi connectivity index (χ0v) is 14.1. The Labute approximate surface area is 136 Å². The van der Waals surface area contributed by atoms with Crippen molar-refractivity contribution >= 4 is 11.9 Å². The first kappa shape index (κ1) is 18.7. The second-order valence-corrected chi connectivity index (χ2v) is 5.23. The first-order valence-corrected chi connectivity index (χ1v) is 7.52. The van der Waals surface area contributed by atoms with Crippen molar-refractivity contribution in [1.82, 2.24) is 15.5 Å². The fourth-order valence-electron chi connectivity index (χ4n) is 1.74. The number of guanidine groups is 1. The van der Waals surface area contributed by atoms with Gasteiger partial charge in [0, 0.05) is 26.7 Å². The molecule has 0 radical (unpaired) electrons. The van der Waals surface area contributed by atoms with Crippen LogP contribution in [0.25, 0.3) is 0 Å². The Bertz CT molecular complexity index is 547. The van der Waals surface area contributed by atoms with E-state index in [1.165, 1.54) is 24.1 Å². The van der Waals surface area contributed by atoms with Crippen LogP contribution in [0, 0.1) is 5.82 Å². The number of aliphatic imine (C=N–C) groups is 1. The molecular formula is C16H25FN4O2. The molecule has 0 heterocycles. The molecule has 1 amide bonds. The molecule has 0 saturated heterocycles. The molecule has 0 atom stereocenters. The lowest BCUT2D eigenvalue weighted by Crippen LogP contribution is -2.43. The van der Waals surface area contributed by atoms with E-state index < -0.39 is 0 Å². The van der Waals surface area contributed by atoms with Gasteiger partial charge in [-0.05, 0) is 24.1 Å². The van der Waals surface area contributed by atoms with E-state index in [1.54, 1.807) is 20.2 Å². The van der Waals surface area contributed by atoms with Crippen molar-refractivity contribution in [2.75, 3.05) is 34.3 Å². The summed E-state index contributed by atoms with van der Waals surface area (Å²) in [7, 11) is 4.88. The van der Waals surface area contributed by atoms with Crippen molar-refractivity contribution in [3.8, 4) is 5.75 Å². The molecule has 1 aromatic rings. The highest BCUT2D eigenvalue weighted by molar-refractivity contribution is 5.86. The van der Waals surface area contributed by atoms with E-state index in [1.807, 2.05) is 6.92 Å². The van der Waals surface area contributed by atoms with Crippen LogP contribution in [0.1, 0.15) is 18.9 Å². The van der Waals surface area contributed by atoms with Crippen molar-refractivity contribution in [3.05, 3.63) is 29.6 Å². The third-order valence-corrected chi connectivity index (χ3v) is 3.03. The Morgan fingerprint density at radius 2 is 2.04 bits per heavy atom. The number of nitrogens with one attached hydrogen (secondary N) is 2. The topological polar surface area (TPSA) is 66.0 Å². The third-order valence-electron chi connectivity index (χ3n) is 3.03. The van der Waals surface area contributed by atoms with Gasteiger partial charge in [-0.2, -0.15) is 0 Å². The number of methoxy groups -OCH3 is 1. The van der Waals surface area contributed by atoms with Gasteiger partial charge in [-0.1, -0.05) is 6.92 Å². The highest BCUT2D eigenvalue weighted by Crippen LogP contribution is 2.16. The summed E-state index contributed by atoms with van der Waals surface area (Å²) in [5, 5.41) is 6.09. The molecular weight excluding hydrogens is 299 g/mol. The molecule has 0 fully saturated rings. The molecule has 6 nitrogen and oxygen atoms in total. The van der Waals surface area contributed by atoms with Crippen molar-refractivity contribution in [2.45, 2.75) is 19.9 Å². The molecule has 7 heteroatoms. The minimum atomic E-state index is -0.367. The Balaban J connectivity index is 2.75. The number of nitrogens with zero attached hydrogens (tertiary/aromatic N) is 2. The first-order chi connectivity index (χ1) is 11.0. The van der Waals surface area contributed by atoms with E-state index in [0.717, 1.165) is 13.0 Å². The van der Waals surface area contributed by atoms with E-state index in [0.29, 0.717) is 17.3 Å². The summed E-state index contributed by atoms with van der Waals surface area (Å²) in [5.41, 5.74) is 0.693. The second kappa shape index (κ2) is 9.66. The average molecular weight is 324 g/mol. The van der Waals surface area contributed by atoms with Crippen LogP contribution in [0.3, 0.4) is 0 Å². The molecule has 0 spiro atoms. The number of carbonyl (C=O) groups is 1. The number of hydrogen-bond acceptors (Lipinski definition) is 3. The van der Waals surface area contributed by atoms with Crippen LogP contribution in [0.4, 0.5) is 4.39 Å². The molecule has 1 aromatic carbocycles. The van der Waals surface area contributed by atoms with Crippen LogP contribution in [-0.4, -0.2) is 51.1 Å². The highest BCUT2D eigenvalue weighted by Gasteiger charge is 2.06. The molecule has 0 unspecified atom stereocenters. The minimum Gasteiger partial charge on any atom is -0.497 e. The van der Waals surface area contributed by atoms with Crippen molar-refractivity contribution < 1.29 is 13.9 Å². The predicted octanol–water partition coefficient (Wildman–Crippen LogP) is 1.37. The summed E-state index contributed by atoms with van der Waals surface area (Å²) in [4.78, 5) is 17.5. The molecule has 23 heavy (non-hydrogen) atoms. The van der Waals surface area contributed by atoms with Gasteiger partial charge < -0.3 is 20.3 Å². The Morgan fingerprint density at radius 1 is 1.30 bits per heavy atom. The van der Waals surface area contributed by atoms with E-state index in [9.17, 15) is 9.18 Å². The summed E-state index contributed by atoms with van der Waals surface area (Å²) >= 11 is 0. The summed E-state index contributed by atoms with van der Waals surface area (Å²) in [6.45, 7) is 3.19. The van der Waals surface area contributed by atoms with Gasteiger partial charge >= 0.3 is 0 Å². The summed E-state index contributed by atoms with van der Waals surface area (Å²) < 4.78 is 18.5. The van der Waals surface area contributed by atoms with E-state index >= 15 is 0 Å². The number of carbonyl (C=O) groups excluding carboxylic acids is 1. The number of hydrogen-bond donors (Lipinski definition) is 2. The average Bonchev–Trinajstić information content (AvgIpc) is 2.53.